The third-order valence-corrected chi connectivity index (χ3v) is 3.66. The predicted molar refractivity (Wildman–Crippen MR) is 89.2 cm³/mol. The van der Waals surface area contributed by atoms with Crippen molar-refractivity contribution in [2.24, 2.45) is 5.92 Å². The molecular formula is C17H32N2O4. The highest BCUT2D eigenvalue weighted by molar-refractivity contribution is 5.75. The van der Waals surface area contributed by atoms with Crippen LogP contribution in [0.2, 0.25) is 0 Å². The Morgan fingerprint density at radius 1 is 1.39 bits per heavy atom. The summed E-state index contributed by atoms with van der Waals surface area (Å²) in [6, 6.07) is 0. The van der Waals surface area contributed by atoms with Crippen molar-refractivity contribution in [3.8, 4) is 0 Å². The normalized spacial score (nSPS) is 19.3. The van der Waals surface area contributed by atoms with Crippen molar-refractivity contribution in [1.82, 2.24) is 10.2 Å². The van der Waals surface area contributed by atoms with Gasteiger partial charge >= 0.3 is 6.09 Å². The SMILES string of the molecule is C[C@@H](CNC(=O)CC[C@@H]1CCCO1)CN(C)C(=O)OC(C)(C)C. The molecule has 2 atom stereocenters. The number of nitrogens with one attached hydrogen (secondary N) is 1. The third-order valence-electron chi connectivity index (χ3n) is 3.66. The van der Waals surface area contributed by atoms with E-state index >= 15 is 0 Å². The van der Waals surface area contributed by atoms with Crippen molar-refractivity contribution in [3.05, 3.63) is 0 Å². The van der Waals surface area contributed by atoms with Gasteiger partial charge in [0.1, 0.15) is 5.60 Å². The van der Waals surface area contributed by atoms with E-state index in [4.69, 9.17) is 9.47 Å². The smallest absolute Gasteiger partial charge is 0.410 e. The zero-order chi connectivity index (χ0) is 17.5. The maximum atomic E-state index is 11.9. The summed E-state index contributed by atoms with van der Waals surface area (Å²) in [5, 5.41) is 2.93. The minimum atomic E-state index is -0.495. The molecule has 134 valence electrons. The molecule has 0 radical (unpaired) electrons. The Morgan fingerprint density at radius 2 is 2.09 bits per heavy atom. The van der Waals surface area contributed by atoms with Gasteiger partial charge in [-0.3, -0.25) is 4.79 Å². The fraction of sp³-hybridized carbons (Fsp3) is 0.882. The molecule has 2 amide bonds. The Hall–Kier alpha value is -1.30. The van der Waals surface area contributed by atoms with E-state index < -0.39 is 5.60 Å². The van der Waals surface area contributed by atoms with E-state index in [1.54, 1.807) is 11.9 Å². The van der Waals surface area contributed by atoms with E-state index in [-0.39, 0.29) is 24.0 Å². The van der Waals surface area contributed by atoms with Crippen molar-refractivity contribution >= 4 is 12.0 Å². The van der Waals surface area contributed by atoms with Gasteiger partial charge in [-0.1, -0.05) is 6.92 Å². The molecule has 0 aliphatic carbocycles. The maximum Gasteiger partial charge on any atom is 0.410 e. The zero-order valence-corrected chi connectivity index (χ0v) is 15.2. The zero-order valence-electron chi connectivity index (χ0n) is 15.2. The Morgan fingerprint density at radius 3 is 2.65 bits per heavy atom. The number of carbonyl (C=O) groups is 2. The summed E-state index contributed by atoms with van der Waals surface area (Å²) in [5.74, 6) is 0.214. The highest BCUT2D eigenvalue weighted by atomic mass is 16.6. The first-order valence-corrected chi connectivity index (χ1v) is 8.50. The van der Waals surface area contributed by atoms with Crippen LogP contribution >= 0.6 is 0 Å². The first-order valence-electron chi connectivity index (χ1n) is 8.50. The Labute approximate surface area is 139 Å². The van der Waals surface area contributed by atoms with Crippen LogP contribution in [0.5, 0.6) is 0 Å². The van der Waals surface area contributed by atoms with Crippen LogP contribution < -0.4 is 5.32 Å². The molecule has 0 aromatic rings. The summed E-state index contributed by atoms with van der Waals surface area (Å²) in [7, 11) is 1.71. The lowest BCUT2D eigenvalue weighted by atomic mass is 10.1. The first kappa shape index (κ1) is 19.7. The highest BCUT2D eigenvalue weighted by Crippen LogP contribution is 2.16. The summed E-state index contributed by atoms with van der Waals surface area (Å²) >= 11 is 0. The van der Waals surface area contributed by atoms with Gasteiger partial charge in [0.05, 0.1) is 6.10 Å². The molecule has 6 heteroatoms. The lowest BCUT2D eigenvalue weighted by Gasteiger charge is -2.26. The standard InChI is InChI=1S/C17H32N2O4/c1-13(12-19(5)16(21)23-17(2,3)4)11-18-15(20)9-8-14-7-6-10-22-14/h13-14H,6-12H2,1-5H3,(H,18,20)/t13-,14-/m0/s1. The van der Waals surface area contributed by atoms with E-state index in [0.717, 1.165) is 25.9 Å². The van der Waals surface area contributed by atoms with Gasteiger partial charge in [0, 0.05) is 33.2 Å². The van der Waals surface area contributed by atoms with Crippen LogP contribution in [0.4, 0.5) is 4.79 Å². The first-order chi connectivity index (χ1) is 10.7. The van der Waals surface area contributed by atoms with E-state index in [9.17, 15) is 9.59 Å². The number of nitrogens with zero attached hydrogens (tertiary/aromatic N) is 1. The second kappa shape index (κ2) is 9.11. The topological polar surface area (TPSA) is 67.9 Å². The van der Waals surface area contributed by atoms with Crippen molar-refractivity contribution in [3.63, 3.8) is 0 Å². The van der Waals surface area contributed by atoms with Crippen LogP contribution in [0, 0.1) is 5.92 Å². The Bertz CT molecular complexity index is 387. The summed E-state index contributed by atoms with van der Waals surface area (Å²) in [5.41, 5.74) is -0.495. The number of hydrogen-bond acceptors (Lipinski definition) is 4. The molecule has 23 heavy (non-hydrogen) atoms. The molecule has 0 aromatic carbocycles. The molecule has 0 unspecified atom stereocenters. The maximum absolute atomic E-state index is 11.9. The quantitative estimate of drug-likeness (QED) is 0.780. The second-order valence-corrected chi connectivity index (χ2v) is 7.44. The number of carbonyl (C=O) groups excluding carboxylic acids is 2. The molecule has 1 heterocycles. The van der Waals surface area contributed by atoms with Gasteiger partial charge < -0.3 is 19.7 Å². The number of rotatable bonds is 7. The molecule has 0 saturated carbocycles. The van der Waals surface area contributed by atoms with E-state index in [1.807, 2.05) is 27.7 Å². The Kier molecular flexibility index (Phi) is 7.82. The van der Waals surface area contributed by atoms with E-state index in [1.165, 1.54) is 0 Å². The molecule has 1 aliphatic heterocycles. The fourth-order valence-corrected chi connectivity index (χ4v) is 2.49. The molecule has 1 saturated heterocycles. The lowest BCUT2D eigenvalue weighted by molar-refractivity contribution is -0.121. The van der Waals surface area contributed by atoms with Crippen molar-refractivity contribution in [1.29, 1.82) is 0 Å². The van der Waals surface area contributed by atoms with Gasteiger partial charge in [-0.2, -0.15) is 0 Å². The largest absolute Gasteiger partial charge is 0.444 e. The van der Waals surface area contributed by atoms with Crippen LogP contribution in [0.15, 0.2) is 0 Å². The van der Waals surface area contributed by atoms with Crippen LogP contribution in [0.1, 0.15) is 53.4 Å². The molecule has 1 aliphatic rings. The lowest BCUT2D eigenvalue weighted by Crippen LogP contribution is -2.39. The molecule has 6 nitrogen and oxygen atoms in total. The minimum absolute atomic E-state index is 0.0484. The molecular weight excluding hydrogens is 296 g/mol. The van der Waals surface area contributed by atoms with Gasteiger partial charge in [-0.25, -0.2) is 4.79 Å². The molecule has 1 N–H and O–H groups in total. The molecule has 0 aromatic heterocycles. The predicted octanol–water partition coefficient (Wildman–Crippen LogP) is 2.56. The summed E-state index contributed by atoms with van der Waals surface area (Å²) in [6.07, 6.45) is 3.35. The van der Waals surface area contributed by atoms with Crippen LogP contribution in [0.25, 0.3) is 0 Å². The average Bonchev–Trinajstić information content (AvgIpc) is 2.94. The van der Waals surface area contributed by atoms with Crippen LogP contribution in [0.3, 0.4) is 0 Å². The van der Waals surface area contributed by atoms with Gasteiger partial charge in [-0.15, -0.1) is 0 Å². The third kappa shape index (κ3) is 8.79. The molecule has 1 rings (SSSR count). The average molecular weight is 328 g/mol. The van der Waals surface area contributed by atoms with E-state index in [2.05, 4.69) is 5.32 Å². The minimum Gasteiger partial charge on any atom is -0.444 e. The van der Waals surface area contributed by atoms with Crippen molar-refractivity contribution in [2.45, 2.75) is 65.1 Å². The van der Waals surface area contributed by atoms with Crippen LogP contribution in [-0.2, 0) is 14.3 Å². The van der Waals surface area contributed by atoms with Gasteiger partial charge in [0.2, 0.25) is 5.91 Å². The number of hydrogen-bond donors (Lipinski definition) is 1. The Balaban J connectivity index is 2.18. The number of ether oxygens (including phenoxy) is 2. The second-order valence-electron chi connectivity index (χ2n) is 7.44. The van der Waals surface area contributed by atoms with Crippen molar-refractivity contribution < 1.29 is 19.1 Å². The summed E-state index contributed by atoms with van der Waals surface area (Å²) < 4.78 is 10.8. The summed E-state index contributed by atoms with van der Waals surface area (Å²) in [4.78, 5) is 25.3. The van der Waals surface area contributed by atoms with Crippen molar-refractivity contribution in [2.75, 3.05) is 26.7 Å². The molecule has 0 bridgehead atoms. The molecule has 0 spiro atoms. The number of amides is 2. The summed E-state index contributed by atoms with van der Waals surface area (Å²) in [6.45, 7) is 9.45. The highest BCUT2D eigenvalue weighted by Gasteiger charge is 2.21. The van der Waals surface area contributed by atoms with Gasteiger partial charge in [0.25, 0.3) is 0 Å². The van der Waals surface area contributed by atoms with Gasteiger partial charge in [-0.05, 0) is 46.0 Å². The fourth-order valence-electron chi connectivity index (χ4n) is 2.49. The monoisotopic (exact) mass is 328 g/mol. The van der Waals surface area contributed by atoms with Crippen LogP contribution in [-0.4, -0.2) is 55.3 Å². The van der Waals surface area contributed by atoms with E-state index in [0.29, 0.717) is 19.5 Å². The molecule has 1 fully saturated rings. The van der Waals surface area contributed by atoms with Gasteiger partial charge in [0.15, 0.2) is 0 Å².